The highest BCUT2D eigenvalue weighted by atomic mass is 19.1. The van der Waals surface area contributed by atoms with Crippen LogP contribution in [0.1, 0.15) is 31.4 Å². The van der Waals surface area contributed by atoms with Crippen molar-refractivity contribution in [1.82, 2.24) is 5.32 Å². The SMILES string of the molecule is CNC(C)c1ccc(N2CC3CCC(O)C3C2)c(F)c1. The van der Waals surface area contributed by atoms with Crippen LogP contribution in [-0.4, -0.2) is 31.3 Å². The van der Waals surface area contributed by atoms with Crippen molar-refractivity contribution in [2.24, 2.45) is 11.8 Å². The highest BCUT2D eigenvalue weighted by Crippen LogP contribution is 2.40. The van der Waals surface area contributed by atoms with Gasteiger partial charge in [-0.25, -0.2) is 4.39 Å². The quantitative estimate of drug-likeness (QED) is 0.890. The van der Waals surface area contributed by atoms with Crippen molar-refractivity contribution in [3.63, 3.8) is 0 Å². The predicted octanol–water partition coefficient (Wildman–Crippen LogP) is 2.31. The molecule has 1 aliphatic heterocycles. The van der Waals surface area contributed by atoms with E-state index in [0.29, 0.717) is 17.5 Å². The van der Waals surface area contributed by atoms with Crippen LogP contribution in [0, 0.1) is 17.7 Å². The number of aliphatic hydroxyl groups excluding tert-OH is 1. The summed E-state index contributed by atoms with van der Waals surface area (Å²) in [5.41, 5.74) is 1.65. The summed E-state index contributed by atoms with van der Waals surface area (Å²) in [7, 11) is 1.87. The molecule has 20 heavy (non-hydrogen) atoms. The monoisotopic (exact) mass is 278 g/mol. The summed E-state index contributed by atoms with van der Waals surface area (Å²) < 4.78 is 14.3. The minimum atomic E-state index is -0.198. The maximum absolute atomic E-state index is 14.3. The molecule has 0 amide bonds. The van der Waals surface area contributed by atoms with Gasteiger partial charge in [-0.1, -0.05) is 6.07 Å². The van der Waals surface area contributed by atoms with Gasteiger partial charge in [0.1, 0.15) is 5.82 Å². The van der Waals surface area contributed by atoms with Crippen LogP contribution in [0.2, 0.25) is 0 Å². The van der Waals surface area contributed by atoms with Crippen molar-refractivity contribution in [2.45, 2.75) is 31.9 Å². The number of nitrogens with zero attached hydrogens (tertiary/aromatic N) is 1. The molecule has 1 saturated carbocycles. The van der Waals surface area contributed by atoms with Gasteiger partial charge in [0.2, 0.25) is 0 Å². The van der Waals surface area contributed by atoms with Crippen LogP contribution < -0.4 is 10.2 Å². The zero-order chi connectivity index (χ0) is 14.3. The van der Waals surface area contributed by atoms with E-state index in [1.807, 2.05) is 26.1 Å². The topological polar surface area (TPSA) is 35.5 Å². The number of hydrogen-bond acceptors (Lipinski definition) is 3. The van der Waals surface area contributed by atoms with E-state index in [-0.39, 0.29) is 18.0 Å². The van der Waals surface area contributed by atoms with E-state index in [1.54, 1.807) is 6.07 Å². The Hall–Kier alpha value is -1.13. The van der Waals surface area contributed by atoms with Crippen LogP contribution in [-0.2, 0) is 0 Å². The van der Waals surface area contributed by atoms with E-state index >= 15 is 0 Å². The van der Waals surface area contributed by atoms with Crippen molar-refractivity contribution in [3.05, 3.63) is 29.6 Å². The smallest absolute Gasteiger partial charge is 0.146 e. The highest BCUT2D eigenvalue weighted by Gasteiger charge is 2.42. The van der Waals surface area contributed by atoms with Crippen LogP contribution in [0.4, 0.5) is 10.1 Å². The molecule has 3 rings (SSSR count). The van der Waals surface area contributed by atoms with Gasteiger partial charge >= 0.3 is 0 Å². The molecule has 4 unspecified atom stereocenters. The molecule has 1 heterocycles. The Morgan fingerprint density at radius 2 is 2.15 bits per heavy atom. The lowest BCUT2D eigenvalue weighted by Crippen LogP contribution is -2.25. The average molecular weight is 278 g/mol. The second-order valence-corrected chi connectivity index (χ2v) is 6.19. The Bertz CT molecular complexity index is 493. The van der Waals surface area contributed by atoms with Crippen LogP contribution in [0.3, 0.4) is 0 Å². The minimum absolute atomic E-state index is 0.151. The highest BCUT2D eigenvalue weighted by molar-refractivity contribution is 5.51. The Balaban J connectivity index is 1.78. The fourth-order valence-electron chi connectivity index (χ4n) is 3.65. The molecule has 1 aromatic carbocycles. The lowest BCUT2D eigenvalue weighted by Gasteiger charge is -2.22. The molecule has 1 saturated heterocycles. The molecule has 4 heteroatoms. The number of benzene rings is 1. The van der Waals surface area contributed by atoms with Crippen molar-refractivity contribution >= 4 is 5.69 Å². The van der Waals surface area contributed by atoms with Crippen LogP contribution in [0.25, 0.3) is 0 Å². The van der Waals surface area contributed by atoms with Gasteiger partial charge in [0.15, 0.2) is 0 Å². The first-order valence-electron chi connectivity index (χ1n) is 7.50. The molecule has 0 aromatic heterocycles. The lowest BCUT2D eigenvalue weighted by molar-refractivity contribution is 0.133. The van der Waals surface area contributed by atoms with Crippen molar-refractivity contribution in [2.75, 3.05) is 25.0 Å². The van der Waals surface area contributed by atoms with Gasteiger partial charge in [0.25, 0.3) is 0 Å². The number of halogens is 1. The summed E-state index contributed by atoms with van der Waals surface area (Å²) in [5.74, 6) is 0.699. The van der Waals surface area contributed by atoms with E-state index < -0.39 is 0 Å². The van der Waals surface area contributed by atoms with E-state index in [0.717, 1.165) is 31.5 Å². The third kappa shape index (κ3) is 2.31. The maximum Gasteiger partial charge on any atom is 0.146 e. The molecule has 1 aliphatic carbocycles. The first-order valence-corrected chi connectivity index (χ1v) is 7.50. The molecule has 2 fully saturated rings. The minimum Gasteiger partial charge on any atom is -0.393 e. The summed E-state index contributed by atoms with van der Waals surface area (Å²) in [4.78, 5) is 2.10. The van der Waals surface area contributed by atoms with E-state index in [1.165, 1.54) is 0 Å². The molecule has 0 bridgehead atoms. The molecular formula is C16H23FN2O. The van der Waals surface area contributed by atoms with Crippen LogP contribution in [0.15, 0.2) is 18.2 Å². The summed E-state index contributed by atoms with van der Waals surface area (Å²) >= 11 is 0. The van der Waals surface area contributed by atoms with Crippen molar-refractivity contribution in [3.8, 4) is 0 Å². The number of rotatable bonds is 3. The summed E-state index contributed by atoms with van der Waals surface area (Å²) in [5, 5.41) is 13.1. The first kappa shape index (κ1) is 13.8. The normalized spacial score (nSPS) is 30.6. The molecule has 110 valence electrons. The standard InChI is InChI=1S/C16H23FN2O/c1-10(18-2)11-3-5-15(14(17)7-11)19-8-12-4-6-16(20)13(12)9-19/h3,5,7,10,12-13,16,18,20H,4,6,8-9H2,1-2H3. The summed E-state index contributed by atoms with van der Waals surface area (Å²) in [6.45, 7) is 3.67. The van der Waals surface area contributed by atoms with Crippen LogP contribution >= 0.6 is 0 Å². The molecule has 0 spiro atoms. The summed E-state index contributed by atoms with van der Waals surface area (Å²) in [6.07, 6.45) is 1.78. The van der Waals surface area contributed by atoms with Gasteiger partial charge in [-0.05, 0) is 50.4 Å². The number of nitrogens with one attached hydrogen (secondary N) is 1. The fraction of sp³-hybridized carbons (Fsp3) is 0.625. The molecule has 1 aromatic rings. The zero-order valence-electron chi connectivity index (χ0n) is 12.1. The molecule has 4 atom stereocenters. The summed E-state index contributed by atoms with van der Waals surface area (Å²) in [6, 6.07) is 5.65. The second kappa shape index (κ2) is 5.34. The first-order chi connectivity index (χ1) is 9.60. The van der Waals surface area contributed by atoms with E-state index in [4.69, 9.17) is 0 Å². The molecule has 2 aliphatic rings. The third-order valence-corrected chi connectivity index (χ3v) is 5.06. The second-order valence-electron chi connectivity index (χ2n) is 6.19. The number of anilines is 1. The van der Waals surface area contributed by atoms with Gasteiger partial charge in [-0.3, -0.25) is 0 Å². The van der Waals surface area contributed by atoms with Gasteiger partial charge < -0.3 is 15.3 Å². The maximum atomic E-state index is 14.3. The fourth-order valence-corrected chi connectivity index (χ4v) is 3.65. The van der Waals surface area contributed by atoms with Gasteiger partial charge in [0.05, 0.1) is 11.8 Å². The molecular weight excluding hydrogens is 255 g/mol. The Labute approximate surface area is 119 Å². The van der Waals surface area contributed by atoms with Crippen molar-refractivity contribution in [1.29, 1.82) is 0 Å². The third-order valence-electron chi connectivity index (χ3n) is 5.06. The number of fused-ring (bicyclic) bond motifs is 1. The van der Waals surface area contributed by atoms with Gasteiger partial charge in [-0.15, -0.1) is 0 Å². The molecule has 3 nitrogen and oxygen atoms in total. The lowest BCUT2D eigenvalue weighted by atomic mass is 10.00. The number of aliphatic hydroxyl groups is 1. The molecule has 2 N–H and O–H groups in total. The van der Waals surface area contributed by atoms with Gasteiger partial charge in [-0.2, -0.15) is 0 Å². The average Bonchev–Trinajstić information content (AvgIpc) is 3.00. The van der Waals surface area contributed by atoms with Crippen molar-refractivity contribution < 1.29 is 9.50 Å². The Morgan fingerprint density at radius 3 is 2.80 bits per heavy atom. The molecule has 0 radical (unpaired) electrons. The van der Waals surface area contributed by atoms with E-state index in [2.05, 4.69) is 10.2 Å². The number of hydrogen-bond donors (Lipinski definition) is 2. The van der Waals surface area contributed by atoms with E-state index in [9.17, 15) is 9.50 Å². The van der Waals surface area contributed by atoms with Crippen LogP contribution in [0.5, 0.6) is 0 Å². The largest absolute Gasteiger partial charge is 0.393 e. The Kier molecular flexibility index (Phi) is 3.69. The van der Waals surface area contributed by atoms with Gasteiger partial charge in [0, 0.05) is 25.0 Å². The predicted molar refractivity (Wildman–Crippen MR) is 78.3 cm³/mol. The zero-order valence-corrected chi connectivity index (χ0v) is 12.1. The Morgan fingerprint density at radius 1 is 1.35 bits per heavy atom.